The fraction of sp³-hybridized carbons (Fsp3) is 0.800. The van der Waals surface area contributed by atoms with Gasteiger partial charge < -0.3 is 9.79 Å². The molecule has 13 heavy (non-hydrogen) atoms. The van der Waals surface area contributed by atoms with Crippen LogP contribution >= 0.6 is 8.38 Å². The Labute approximate surface area is 82.6 Å². The van der Waals surface area contributed by atoms with Crippen LogP contribution in [0.2, 0.25) is 0 Å². The van der Waals surface area contributed by atoms with Crippen LogP contribution in [0.15, 0.2) is 11.6 Å². The van der Waals surface area contributed by atoms with E-state index in [2.05, 4.69) is 6.92 Å². The summed E-state index contributed by atoms with van der Waals surface area (Å²) >= 11 is 0. The summed E-state index contributed by atoms with van der Waals surface area (Å²) in [6.07, 6.45) is 2.96. The lowest BCUT2D eigenvalue weighted by atomic mass is 9.90. The van der Waals surface area contributed by atoms with Crippen LogP contribution in [0, 0.1) is 5.41 Å². The van der Waals surface area contributed by atoms with Gasteiger partial charge in [0.05, 0.1) is 5.66 Å². The van der Waals surface area contributed by atoms with Crippen LogP contribution in [0.4, 0.5) is 0 Å². The fourth-order valence-corrected chi connectivity index (χ4v) is 2.13. The average molecular weight is 204 g/mol. The van der Waals surface area contributed by atoms with Crippen molar-refractivity contribution < 1.29 is 9.79 Å². The maximum absolute atomic E-state index is 9.27. The third kappa shape index (κ3) is 4.75. The van der Waals surface area contributed by atoms with E-state index in [1.54, 1.807) is 0 Å². The predicted molar refractivity (Wildman–Crippen MR) is 58.6 cm³/mol. The quantitative estimate of drug-likeness (QED) is 0.548. The molecule has 0 heterocycles. The van der Waals surface area contributed by atoms with Crippen LogP contribution in [0.1, 0.15) is 41.0 Å². The zero-order chi connectivity index (χ0) is 10.6. The summed E-state index contributed by atoms with van der Waals surface area (Å²) in [6, 6.07) is 0. The molecule has 1 atom stereocenters. The molecule has 0 radical (unpaired) electrons. The van der Waals surface area contributed by atoms with Crippen LogP contribution in [0.5, 0.6) is 0 Å². The Kier molecular flexibility index (Phi) is 5.13. The monoisotopic (exact) mass is 204 g/mol. The summed E-state index contributed by atoms with van der Waals surface area (Å²) in [5.41, 5.74) is 1.02. The van der Waals surface area contributed by atoms with Crippen LogP contribution in [0.3, 0.4) is 0 Å². The molecule has 0 spiro atoms. The van der Waals surface area contributed by atoms with Gasteiger partial charge in [0.15, 0.2) is 8.38 Å². The highest BCUT2D eigenvalue weighted by Gasteiger charge is 2.28. The molecule has 0 amide bonds. The topological polar surface area (TPSA) is 40.5 Å². The molecule has 3 heteroatoms. The van der Waals surface area contributed by atoms with Gasteiger partial charge in [-0.1, -0.05) is 39.3 Å². The van der Waals surface area contributed by atoms with Gasteiger partial charge in [-0.25, -0.2) is 0 Å². The van der Waals surface area contributed by atoms with Crippen LogP contribution < -0.4 is 0 Å². The number of hydrogen-bond donors (Lipinski definition) is 2. The second-order valence-corrected chi connectivity index (χ2v) is 5.69. The highest BCUT2D eigenvalue weighted by Crippen LogP contribution is 2.43. The van der Waals surface area contributed by atoms with Gasteiger partial charge in [-0.3, -0.25) is 0 Å². The standard InChI is InChI=1S/C10H21O2P/c1-6-8(2)7-9(13(11)12)10(3,4)5/h7,9,11-12H,6H2,1-5H3/b8-7-. The molecule has 0 aromatic carbocycles. The highest BCUT2D eigenvalue weighted by atomic mass is 31.2. The van der Waals surface area contributed by atoms with Crippen molar-refractivity contribution in [3.63, 3.8) is 0 Å². The van der Waals surface area contributed by atoms with Crippen molar-refractivity contribution in [2.24, 2.45) is 5.41 Å². The van der Waals surface area contributed by atoms with Crippen molar-refractivity contribution in [1.82, 2.24) is 0 Å². The molecule has 2 N–H and O–H groups in total. The van der Waals surface area contributed by atoms with Gasteiger partial charge >= 0.3 is 0 Å². The van der Waals surface area contributed by atoms with Crippen LogP contribution in [-0.2, 0) is 0 Å². The Morgan fingerprint density at radius 3 is 2.08 bits per heavy atom. The van der Waals surface area contributed by atoms with Crippen molar-refractivity contribution >= 4 is 8.38 Å². The van der Waals surface area contributed by atoms with E-state index < -0.39 is 8.38 Å². The van der Waals surface area contributed by atoms with Crippen molar-refractivity contribution in [3.05, 3.63) is 11.6 Å². The van der Waals surface area contributed by atoms with Gasteiger partial charge in [-0.05, 0) is 18.8 Å². The molecule has 0 aromatic heterocycles. The fourth-order valence-electron chi connectivity index (χ4n) is 1.05. The summed E-state index contributed by atoms with van der Waals surface area (Å²) in [6.45, 7) is 10.2. The van der Waals surface area contributed by atoms with Gasteiger partial charge in [-0.15, -0.1) is 0 Å². The van der Waals surface area contributed by atoms with Gasteiger partial charge in [0, 0.05) is 0 Å². The second kappa shape index (κ2) is 5.09. The molecular weight excluding hydrogens is 183 g/mol. The first-order chi connectivity index (χ1) is 5.79. The van der Waals surface area contributed by atoms with E-state index in [1.165, 1.54) is 5.57 Å². The molecule has 0 aliphatic carbocycles. The normalized spacial score (nSPS) is 16.5. The van der Waals surface area contributed by atoms with Crippen molar-refractivity contribution in [1.29, 1.82) is 0 Å². The highest BCUT2D eigenvalue weighted by molar-refractivity contribution is 7.46. The summed E-state index contributed by atoms with van der Waals surface area (Å²) < 4.78 is 0. The molecule has 0 fully saturated rings. The number of hydrogen-bond acceptors (Lipinski definition) is 2. The molecule has 0 bridgehead atoms. The van der Waals surface area contributed by atoms with E-state index in [0.29, 0.717) is 0 Å². The first-order valence-corrected chi connectivity index (χ1v) is 5.95. The maximum Gasteiger partial charge on any atom is 0.172 e. The molecule has 0 aromatic rings. The minimum atomic E-state index is -1.87. The second-order valence-electron chi connectivity index (χ2n) is 4.50. The molecular formula is C10H21O2P. The van der Waals surface area contributed by atoms with E-state index in [0.717, 1.165) is 6.42 Å². The molecule has 0 aliphatic heterocycles. The molecule has 0 rings (SSSR count). The first kappa shape index (κ1) is 13.1. The van der Waals surface area contributed by atoms with Crippen molar-refractivity contribution in [3.8, 4) is 0 Å². The summed E-state index contributed by atoms with van der Waals surface area (Å²) in [4.78, 5) is 18.5. The van der Waals surface area contributed by atoms with Crippen molar-refractivity contribution in [2.75, 3.05) is 0 Å². The number of rotatable bonds is 3. The Bertz CT molecular complexity index is 180. The Morgan fingerprint density at radius 1 is 1.38 bits per heavy atom. The van der Waals surface area contributed by atoms with E-state index >= 15 is 0 Å². The molecule has 0 aliphatic rings. The minimum absolute atomic E-state index is 0.0777. The Hall–Kier alpha value is 0.0900. The smallest absolute Gasteiger partial charge is 0.172 e. The summed E-state index contributed by atoms with van der Waals surface area (Å²) in [7, 11) is -1.87. The average Bonchev–Trinajstić information content (AvgIpc) is 1.96. The molecule has 78 valence electrons. The predicted octanol–water partition coefficient (Wildman–Crippen LogP) is 3.05. The lowest BCUT2D eigenvalue weighted by molar-refractivity contribution is 0.376. The van der Waals surface area contributed by atoms with E-state index in [9.17, 15) is 9.79 Å². The van der Waals surface area contributed by atoms with Crippen LogP contribution in [0.25, 0.3) is 0 Å². The van der Waals surface area contributed by atoms with E-state index in [4.69, 9.17) is 0 Å². The lowest BCUT2D eigenvalue weighted by Gasteiger charge is -2.29. The van der Waals surface area contributed by atoms with Crippen LogP contribution in [-0.4, -0.2) is 15.4 Å². The van der Waals surface area contributed by atoms with Gasteiger partial charge in [-0.2, -0.15) is 0 Å². The number of allylic oxidation sites excluding steroid dienone is 2. The van der Waals surface area contributed by atoms with Gasteiger partial charge in [0.1, 0.15) is 0 Å². The van der Waals surface area contributed by atoms with Crippen molar-refractivity contribution in [2.45, 2.75) is 46.7 Å². The molecule has 2 nitrogen and oxygen atoms in total. The van der Waals surface area contributed by atoms with E-state index in [1.807, 2.05) is 33.8 Å². The molecule has 1 unspecified atom stereocenters. The zero-order valence-corrected chi connectivity index (χ0v) is 10.1. The van der Waals surface area contributed by atoms with E-state index in [-0.39, 0.29) is 11.1 Å². The molecule has 0 saturated heterocycles. The zero-order valence-electron chi connectivity index (χ0n) is 9.20. The molecule has 0 saturated carbocycles. The first-order valence-electron chi connectivity index (χ1n) is 4.63. The summed E-state index contributed by atoms with van der Waals surface area (Å²) in [5.74, 6) is 0. The SMILES string of the molecule is CC/C(C)=C\C(P(O)O)C(C)(C)C. The lowest BCUT2D eigenvalue weighted by Crippen LogP contribution is -2.22. The third-order valence-electron chi connectivity index (χ3n) is 2.14. The third-order valence-corrected chi connectivity index (χ3v) is 3.56. The Morgan fingerprint density at radius 2 is 1.85 bits per heavy atom. The largest absolute Gasteiger partial charge is 0.350 e. The minimum Gasteiger partial charge on any atom is -0.350 e. The van der Waals surface area contributed by atoms with Gasteiger partial charge in [0.2, 0.25) is 0 Å². The summed E-state index contributed by atoms with van der Waals surface area (Å²) in [5, 5.41) is 0. The maximum atomic E-state index is 9.27. The van der Waals surface area contributed by atoms with Gasteiger partial charge in [0.25, 0.3) is 0 Å². The Balaban J connectivity index is 4.64.